The van der Waals surface area contributed by atoms with Crippen molar-refractivity contribution in [2.45, 2.75) is 26.3 Å². The molecule has 0 aliphatic heterocycles. The third kappa shape index (κ3) is 3.33. The number of aromatic nitrogens is 2. The molecule has 1 aromatic heterocycles. The highest BCUT2D eigenvalue weighted by Gasteiger charge is 2.14. The van der Waals surface area contributed by atoms with E-state index in [4.69, 9.17) is 10.5 Å². The largest absolute Gasteiger partial charge is 0.448 e. The van der Waals surface area contributed by atoms with Gasteiger partial charge >= 0.3 is 0 Å². The maximum absolute atomic E-state index is 13.8. The normalized spacial score (nSPS) is 10.8. The Bertz CT molecular complexity index is 561. The van der Waals surface area contributed by atoms with Crippen LogP contribution in [0.1, 0.15) is 18.9 Å². The molecule has 1 aromatic carbocycles. The summed E-state index contributed by atoms with van der Waals surface area (Å²) in [6, 6.07) is 2.48. The number of halogens is 2. The number of rotatable bonds is 6. The van der Waals surface area contributed by atoms with E-state index >= 15 is 0 Å². The number of nitrogens with two attached hydrogens (primary N) is 1. The van der Waals surface area contributed by atoms with Crippen LogP contribution in [-0.4, -0.2) is 16.3 Å². The first-order valence-corrected chi connectivity index (χ1v) is 6.52. The summed E-state index contributed by atoms with van der Waals surface area (Å²) in [5.74, 6) is -1.59. The number of ether oxygens (including phenoxy) is 1. The summed E-state index contributed by atoms with van der Waals surface area (Å²) in [7, 11) is 0. The van der Waals surface area contributed by atoms with E-state index in [9.17, 15) is 8.78 Å². The molecule has 1 heterocycles. The molecule has 0 spiro atoms. The molecule has 2 aromatic rings. The van der Waals surface area contributed by atoms with E-state index in [2.05, 4.69) is 5.10 Å². The van der Waals surface area contributed by atoms with Crippen molar-refractivity contribution in [2.75, 3.05) is 6.54 Å². The second-order valence-electron chi connectivity index (χ2n) is 4.47. The molecule has 0 aliphatic rings. The van der Waals surface area contributed by atoms with Crippen molar-refractivity contribution in [3.63, 3.8) is 0 Å². The highest BCUT2D eigenvalue weighted by Crippen LogP contribution is 2.28. The van der Waals surface area contributed by atoms with Crippen LogP contribution in [0.25, 0.3) is 0 Å². The van der Waals surface area contributed by atoms with E-state index in [0.29, 0.717) is 24.3 Å². The zero-order valence-corrected chi connectivity index (χ0v) is 11.3. The average molecular weight is 281 g/mol. The van der Waals surface area contributed by atoms with Crippen LogP contribution in [0.5, 0.6) is 11.5 Å². The Morgan fingerprint density at radius 1 is 1.30 bits per heavy atom. The molecular weight excluding hydrogens is 264 g/mol. The van der Waals surface area contributed by atoms with E-state index in [1.807, 2.05) is 6.92 Å². The molecule has 2 rings (SSSR count). The topological polar surface area (TPSA) is 53.1 Å². The molecule has 0 saturated carbocycles. The molecule has 2 N–H and O–H groups in total. The molecular formula is C14H17F2N3O. The summed E-state index contributed by atoms with van der Waals surface area (Å²) >= 11 is 0. The summed E-state index contributed by atoms with van der Waals surface area (Å²) in [5, 5.41) is 4.04. The molecule has 0 unspecified atom stereocenters. The number of aryl methyl sites for hydroxylation is 1. The van der Waals surface area contributed by atoms with E-state index in [1.165, 1.54) is 18.3 Å². The second kappa shape index (κ2) is 6.47. The highest BCUT2D eigenvalue weighted by molar-refractivity contribution is 5.34. The van der Waals surface area contributed by atoms with Gasteiger partial charge in [-0.2, -0.15) is 5.10 Å². The molecule has 0 aliphatic carbocycles. The van der Waals surface area contributed by atoms with Crippen LogP contribution in [0.3, 0.4) is 0 Å². The minimum absolute atomic E-state index is 0.308. The fourth-order valence-electron chi connectivity index (χ4n) is 1.89. The Labute approximate surface area is 116 Å². The van der Waals surface area contributed by atoms with Crippen LogP contribution in [0.4, 0.5) is 8.78 Å². The van der Waals surface area contributed by atoms with Crippen LogP contribution in [0.2, 0.25) is 0 Å². The van der Waals surface area contributed by atoms with Gasteiger partial charge in [0.25, 0.3) is 0 Å². The van der Waals surface area contributed by atoms with E-state index in [1.54, 1.807) is 10.9 Å². The first-order valence-electron chi connectivity index (χ1n) is 6.52. The fourth-order valence-corrected chi connectivity index (χ4v) is 1.89. The SMILES string of the molecule is CCCn1cc(Oc2c(F)cc(CCN)cc2F)cn1. The van der Waals surface area contributed by atoms with Gasteiger partial charge in [-0.3, -0.25) is 4.68 Å². The van der Waals surface area contributed by atoms with Gasteiger partial charge < -0.3 is 10.5 Å². The fraction of sp³-hybridized carbons (Fsp3) is 0.357. The average Bonchev–Trinajstić information content (AvgIpc) is 2.82. The lowest BCUT2D eigenvalue weighted by molar-refractivity contribution is 0.406. The maximum atomic E-state index is 13.8. The monoisotopic (exact) mass is 281 g/mol. The molecule has 6 heteroatoms. The predicted molar refractivity (Wildman–Crippen MR) is 71.7 cm³/mol. The van der Waals surface area contributed by atoms with Gasteiger partial charge in [0, 0.05) is 6.54 Å². The molecule has 0 radical (unpaired) electrons. The van der Waals surface area contributed by atoms with Crippen molar-refractivity contribution in [3.05, 3.63) is 41.7 Å². The number of hydrogen-bond acceptors (Lipinski definition) is 3. The first-order chi connectivity index (χ1) is 9.63. The molecule has 0 saturated heterocycles. The van der Waals surface area contributed by atoms with E-state index in [-0.39, 0.29) is 0 Å². The lowest BCUT2D eigenvalue weighted by Crippen LogP contribution is -2.04. The van der Waals surface area contributed by atoms with Gasteiger partial charge in [0.15, 0.2) is 23.1 Å². The van der Waals surface area contributed by atoms with Gasteiger partial charge in [-0.25, -0.2) is 8.78 Å². The third-order valence-corrected chi connectivity index (χ3v) is 2.77. The molecule has 108 valence electrons. The third-order valence-electron chi connectivity index (χ3n) is 2.77. The van der Waals surface area contributed by atoms with Crippen molar-refractivity contribution >= 4 is 0 Å². The molecule has 4 nitrogen and oxygen atoms in total. The van der Waals surface area contributed by atoms with Gasteiger partial charge in [-0.15, -0.1) is 0 Å². The van der Waals surface area contributed by atoms with Crippen LogP contribution >= 0.6 is 0 Å². The predicted octanol–water partition coefficient (Wildman–Crippen LogP) is 2.86. The maximum Gasteiger partial charge on any atom is 0.198 e. The Kier molecular flexibility index (Phi) is 4.68. The van der Waals surface area contributed by atoms with Crippen molar-refractivity contribution in [1.29, 1.82) is 0 Å². The van der Waals surface area contributed by atoms with Gasteiger partial charge in [-0.1, -0.05) is 6.92 Å². The summed E-state index contributed by atoms with van der Waals surface area (Å²) in [6.45, 7) is 3.07. The van der Waals surface area contributed by atoms with Crippen LogP contribution < -0.4 is 10.5 Å². The standard InChI is InChI=1S/C14H17F2N3O/c1-2-5-19-9-11(8-18-19)20-14-12(15)6-10(3-4-17)7-13(14)16/h6-9H,2-5,17H2,1H3. The van der Waals surface area contributed by atoms with Gasteiger partial charge in [0.1, 0.15) is 0 Å². The Hall–Kier alpha value is -1.95. The van der Waals surface area contributed by atoms with E-state index < -0.39 is 17.4 Å². The smallest absolute Gasteiger partial charge is 0.198 e. The second-order valence-corrected chi connectivity index (χ2v) is 4.47. The summed E-state index contributed by atoms with van der Waals surface area (Å²) < 4.78 is 34.6. The minimum atomic E-state index is -0.739. The number of benzene rings is 1. The van der Waals surface area contributed by atoms with Crippen molar-refractivity contribution < 1.29 is 13.5 Å². The Morgan fingerprint density at radius 2 is 2.00 bits per heavy atom. The molecule has 0 bridgehead atoms. The quantitative estimate of drug-likeness (QED) is 0.885. The zero-order chi connectivity index (χ0) is 14.5. The van der Waals surface area contributed by atoms with Crippen LogP contribution in [0.15, 0.2) is 24.5 Å². The lowest BCUT2D eigenvalue weighted by atomic mass is 10.1. The highest BCUT2D eigenvalue weighted by atomic mass is 19.1. The summed E-state index contributed by atoms with van der Waals surface area (Å²) in [5.41, 5.74) is 5.88. The van der Waals surface area contributed by atoms with Crippen molar-refractivity contribution in [2.24, 2.45) is 5.73 Å². The lowest BCUT2D eigenvalue weighted by Gasteiger charge is -2.08. The van der Waals surface area contributed by atoms with Crippen LogP contribution in [-0.2, 0) is 13.0 Å². The first kappa shape index (κ1) is 14.5. The van der Waals surface area contributed by atoms with Gasteiger partial charge in [-0.05, 0) is 37.1 Å². The molecule has 0 fully saturated rings. The minimum Gasteiger partial charge on any atom is -0.448 e. The van der Waals surface area contributed by atoms with Crippen molar-refractivity contribution in [3.8, 4) is 11.5 Å². The van der Waals surface area contributed by atoms with Crippen molar-refractivity contribution in [1.82, 2.24) is 9.78 Å². The van der Waals surface area contributed by atoms with Gasteiger partial charge in [0.05, 0.1) is 12.4 Å². The Balaban J connectivity index is 2.19. The Morgan fingerprint density at radius 3 is 2.60 bits per heavy atom. The number of nitrogens with zero attached hydrogens (tertiary/aromatic N) is 2. The van der Waals surface area contributed by atoms with Gasteiger partial charge in [0.2, 0.25) is 0 Å². The zero-order valence-electron chi connectivity index (χ0n) is 11.3. The summed E-state index contributed by atoms with van der Waals surface area (Å²) in [6.07, 6.45) is 4.37. The number of hydrogen-bond donors (Lipinski definition) is 1. The summed E-state index contributed by atoms with van der Waals surface area (Å²) in [4.78, 5) is 0. The van der Waals surface area contributed by atoms with E-state index in [0.717, 1.165) is 13.0 Å². The molecule has 20 heavy (non-hydrogen) atoms. The molecule has 0 atom stereocenters. The van der Waals surface area contributed by atoms with Crippen LogP contribution in [0, 0.1) is 11.6 Å². The molecule has 0 amide bonds.